The number of aromatic nitrogens is 3. The van der Waals surface area contributed by atoms with Crippen LogP contribution in [0.5, 0.6) is 5.75 Å². The molecule has 3 aromatic rings. The molecule has 0 aliphatic rings. The normalized spacial score (nSPS) is 13.0. The predicted octanol–water partition coefficient (Wildman–Crippen LogP) is 4.23. The monoisotopic (exact) mass is 348 g/mol. The third-order valence-electron chi connectivity index (χ3n) is 3.84. The largest absolute Gasteiger partial charge is 0.506 e. The number of hydrogen-bond donors (Lipinski definition) is 2. The van der Waals surface area contributed by atoms with Crippen molar-refractivity contribution in [1.29, 1.82) is 0 Å². The Kier molecular flexibility index (Phi) is 4.20. The number of benzene rings is 1. The molecule has 0 spiro atoms. The maximum absolute atomic E-state index is 12.9. The van der Waals surface area contributed by atoms with E-state index in [0.717, 1.165) is 12.1 Å². The van der Waals surface area contributed by atoms with Crippen molar-refractivity contribution >= 4 is 16.7 Å². The van der Waals surface area contributed by atoms with Crippen molar-refractivity contribution in [2.45, 2.75) is 26.1 Å². The zero-order valence-corrected chi connectivity index (χ0v) is 13.5. The predicted molar refractivity (Wildman–Crippen MR) is 87.2 cm³/mol. The summed E-state index contributed by atoms with van der Waals surface area (Å²) in [5, 5.41) is 21.3. The number of pyridine rings is 1. The first-order valence-corrected chi connectivity index (χ1v) is 7.51. The Labute approximate surface area is 141 Å². The van der Waals surface area contributed by atoms with Crippen LogP contribution >= 0.6 is 0 Å². The van der Waals surface area contributed by atoms with E-state index in [-0.39, 0.29) is 5.75 Å². The minimum absolute atomic E-state index is 0.0327. The summed E-state index contributed by atoms with van der Waals surface area (Å²) in [5.41, 5.74) is 0.898. The molecule has 130 valence electrons. The van der Waals surface area contributed by atoms with Crippen LogP contribution in [0.3, 0.4) is 0 Å². The summed E-state index contributed by atoms with van der Waals surface area (Å²) in [5.74, 6) is 0.309. The van der Waals surface area contributed by atoms with E-state index in [0.29, 0.717) is 28.0 Å². The highest BCUT2D eigenvalue weighted by molar-refractivity contribution is 5.90. The Morgan fingerprint density at radius 2 is 1.92 bits per heavy atom. The number of aromatic hydroxyl groups is 1. The molecule has 8 heteroatoms. The quantitative estimate of drug-likeness (QED) is 0.741. The first-order valence-electron chi connectivity index (χ1n) is 7.51. The topological polar surface area (TPSA) is 70.9 Å². The third kappa shape index (κ3) is 3.47. The smallest absolute Gasteiger partial charge is 0.416 e. The molecule has 0 saturated carbocycles. The molecule has 5 nitrogen and oxygen atoms in total. The first-order chi connectivity index (χ1) is 11.8. The second-order valence-corrected chi connectivity index (χ2v) is 5.71. The van der Waals surface area contributed by atoms with E-state index < -0.39 is 17.8 Å². The summed E-state index contributed by atoms with van der Waals surface area (Å²) < 4.78 is 38.6. The molecular formula is C17H15F3N4O. The number of hydrogen-bond acceptors (Lipinski definition) is 5. The molecule has 1 unspecified atom stereocenters. The fourth-order valence-corrected chi connectivity index (χ4v) is 2.53. The van der Waals surface area contributed by atoms with E-state index in [1.165, 1.54) is 18.3 Å². The fourth-order valence-electron chi connectivity index (χ4n) is 2.53. The van der Waals surface area contributed by atoms with Crippen molar-refractivity contribution in [3.63, 3.8) is 0 Å². The Morgan fingerprint density at radius 3 is 2.64 bits per heavy atom. The lowest BCUT2D eigenvalue weighted by Crippen LogP contribution is -2.12. The van der Waals surface area contributed by atoms with Crippen LogP contribution in [0.15, 0.2) is 36.5 Å². The molecule has 2 aromatic heterocycles. The second kappa shape index (κ2) is 6.19. The second-order valence-electron chi connectivity index (χ2n) is 5.71. The van der Waals surface area contributed by atoms with Crippen molar-refractivity contribution in [3.05, 3.63) is 53.3 Å². The van der Waals surface area contributed by atoms with Gasteiger partial charge in [0.1, 0.15) is 5.75 Å². The number of halogens is 3. The van der Waals surface area contributed by atoms with Gasteiger partial charge in [-0.3, -0.25) is 4.98 Å². The Morgan fingerprint density at radius 1 is 1.16 bits per heavy atom. The number of aryl methyl sites for hydroxylation is 1. The molecule has 0 bridgehead atoms. The third-order valence-corrected chi connectivity index (χ3v) is 3.84. The van der Waals surface area contributed by atoms with E-state index in [1.807, 2.05) is 0 Å². The summed E-state index contributed by atoms with van der Waals surface area (Å²) in [6.45, 7) is 3.46. The number of nitrogens with one attached hydrogen (secondary N) is 1. The SMILES string of the molecule is Cc1nnc(NC(C)c2cccc(C(F)(F)F)c2)c2cc(O)cnc12. The highest BCUT2D eigenvalue weighted by Gasteiger charge is 2.30. The van der Waals surface area contributed by atoms with Gasteiger partial charge in [0.05, 0.1) is 34.4 Å². The molecule has 1 aromatic carbocycles. The summed E-state index contributed by atoms with van der Waals surface area (Å²) in [6.07, 6.45) is -3.10. The van der Waals surface area contributed by atoms with Gasteiger partial charge >= 0.3 is 6.18 Å². The summed E-state index contributed by atoms with van der Waals surface area (Å²) in [4.78, 5) is 4.13. The minimum atomic E-state index is -4.40. The molecule has 0 saturated heterocycles. The van der Waals surface area contributed by atoms with E-state index >= 15 is 0 Å². The highest BCUT2D eigenvalue weighted by Crippen LogP contribution is 2.32. The van der Waals surface area contributed by atoms with Gasteiger partial charge < -0.3 is 10.4 Å². The average molecular weight is 348 g/mol. The lowest BCUT2D eigenvalue weighted by molar-refractivity contribution is -0.137. The zero-order chi connectivity index (χ0) is 18.2. The van der Waals surface area contributed by atoms with Crippen molar-refractivity contribution in [1.82, 2.24) is 15.2 Å². The number of nitrogens with zero attached hydrogens (tertiary/aromatic N) is 3. The molecule has 2 N–H and O–H groups in total. The standard InChI is InChI=1S/C17H15F3N4O/c1-9(11-4-3-5-12(6-11)17(18,19)20)22-16-14-7-13(25)8-21-15(14)10(2)23-24-16/h3-9,25H,1-2H3,(H,22,24). The van der Waals surface area contributed by atoms with E-state index in [4.69, 9.17) is 0 Å². The number of anilines is 1. The molecule has 2 heterocycles. The van der Waals surface area contributed by atoms with Gasteiger partial charge in [0.2, 0.25) is 0 Å². The summed E-state index contributed by atoms with van der Waals surface area (Å²) >= 11 is 0. The minimum Gasteiger partial charge on any atom is -0.506 e. The maximum Gasteiger partial charge on any atom is 0.416 e. The van der Waals surface area contributed by atoms with Crippen LogP contribution < -0.4 is 5.32 Å². The van der Waals surface area contributed by atoms with Crippen LogP contribution in [0.2, 0.25) is 0 Å². The van der Waals surface area contributed by atoms with Crippen LogP contribution in [0.25, 0.3) is 10.9 Å². The molecule has 25 heavy (non-hydrogen) atoms. The van der Waals surface area contributed by atoms with Gasteiger partial charge in [0, 0.05) is 0 Å². The van der Waals surface area contributed by atoms with Crippen LogP contribution in [0.1, 0.15) is 29.8 Å². The molecule has 1 atom stereocenters. The fraction of sp³-hybridized carbons (Fsp3) is 0.235. The van der Waals surface area contributed by atoms with Crippen LogP contribution in [0, 0.1) is 6.92 Å². The van der Waals surface area contributed by atoms with Crippen molar-refractivity contribution in [3.8, 4) is 5.75 Å². The van der Waals surface area contributed by atoms with E-state index in [9.17, 15) is 18.3 Å². The lowest BCUT2D eigenvalue weighted by atomic mass is 10.0. The number of fused-ring (bicyclic) bond motifs is 1. The number of alkyl halides is 3. The lowest BCUT2D eigenvalue weighted by Gasteiger charge is -2.17. The van der Waals surface area contributed by atoms with Gasteiger partial charge in [-0.1, -0.05) is 12.1 Å². The summed E-state index contributed by atoms with van der Waals surface area (Å²) in [7, 11) is 0. The molecule has 0 amide bonds. The van der Waals surface area contributed by atoms with Crippen LogP contribution in [0.4, 0.5) is 19.0 Å². The van der Waals surface area contributed by atoms with Crippen molar-refractivity contribution < 1.29 is 18.3 Å². The van der Waals surface area contributed by atoms with Gasteiger partial charge in [-0.2, -0.15) is 18.3 Å². The first kappa shape index (κ1) is 16.9. The Balaban J connectivity index is 1.96. The molecule has 0 fully saturated rings. The van der Waals surface area contributed by atoms with Crippen molar-refractivity contribution in [2.24, 2.45) is 0 Å². The maximum atomic E-state index is 12.9. The van der Waals surface area contributed by atoms with Gasteiger partial charge in [-0.15, -0.1) is 5.10 Å². The Bertz CT molecular complexity index is 927. The van der Waals surface area contributed by atoms with E-state index in [2.05, 4.69) is 20.5 Å². The highest BCUT2D eigenvalue weighted by atomic mass is 19.4. The molecule has 0 radical (unpaired) electrons. The molecular weight excluding hydrogens is 333 g/mol. The van der Waals surface area contributed by atoms with Crippen molar-refractivity contribution in [2.75, 3.05) is 5.32 Å². The van der Waals surface area contributed by atoms with Crippen LogP contribution in [-0.2, 0) is 6.18 Å². The Hall–Kier alpha value is -2.90. The average Bonchev–Trinajstić information content (AvgIpc) is 2.56. The van der Waals surface area contributed by atoms with Crippen LogP contribution in [-0.4, -0.2) is 20.3 Å². The van der Waals surface area contributed by atoms with Gasteiger partial charge in [0.25, 0.3) is 0 Å². The van der Waals surface area contributed by atoms with E-state index in [1.54, 1.807) is 19.9 Å². The van der Waals surface area contributed by atoms with Gasteiger partial charge in [-0.05, 0) is 37.6 Å². The summed E-state index contributed by atoms with van der Waals surface area (Å²) in [6, 6.07) is 6.13. The molecule has 0 aliphatic heterocycles. The van der Waals surface area contributed by atoms with Gasteiger partial charge in [-0.25, -0.2) is 0 Å². The number of rotatable bonds is 3. The van der Waals surface area contributed by atoms with Gasteiger partial charge in [0.15, 0.2) is 5.82 Å². The molecule has 3 rings (SSSR count). The zero-order valence-electron chi connectivity index (χ0n) is 13.5. The molecule has 0 aliphatic carbocycles.